The number of halogens is 1. The summed E-state index contributed by atoms with van der Waals surface area (Å²) in [6.45, 7) is 5.73. The van der Waals surface area contributed by atoms with Gasteiger partial charge in [0, 0.05) is 30.2 Å². The van der Waals surface area contributed by atoms with Gasteiger partial charge in [-0.05, 0) is 50.1 Å². The summed E-state index contributed by atoms with van der Waals surface area (Å²) >= 11 is 5.87. The monoisotopic (exact) mass is 445 g/mol. The van der Waals surface area contributed by atoms with Crippen LogP contribution >= 0.6 is 11.6 Å². The molecule has 8 heteroatoms. The predicted octanol–water partition coefficient (Wildman–Crippen LogP) is 4.05. The third kappa shape index (κ3) is 9.53. The minimum absolute atomic E-state index is 0.115. The van der Waals surface area contributed by atoms with E-state index in [4.69, 9.17) is 16.3 Å². The van der Waals surface area contributed by atoms with E-state index in [0.29, 0.717) is 10.7 Å². The third-order valence-electron chi connectivity index (χ3n) is 4.07. The molecule has 0 heterocycles. The van der Waals surface area contributed by atoms with Crippen LogP contribution in [0.3, 0.4) is 0 Å². The minimum atomic E-state index is -0.589. The smallest absolute Gasteiger partial charge is 0.407 e. The highest BCUT2D eigenvalue weighted by atomic mass is 35.5. The van der Waals surface area contributed by atoms with Crippen LogP contribution in [0.1, 0.15) is 38.3 Å². The molecule has 31 heavy (non-hydrogen) atoms. The maximum Gasteiger partial charge on any atom is 0.407 e. The Kier molecular flexibility index (Phi) is 8.88. The van der Waals surface area contributed by atoms with Crippen LogP contribution in [0.5, 0.6) is 0 Å². The lowest BCUT2D eigenvalue weighted by Crippen LogP contribution is -2.35. The molecular formula is C23H28ClN3O4. The molecule has 0 spiro atoms. The number of carbonyl (C=O) groups is 3. The number of ether oxygens (including phenoxy) is 1. The van der Waals surface area contributed by atoms with E-state index in [1.807, 2.05) is 18.2 Å². The van der Waals surface area contributed by atoms with Crippen molar-refractivity contribution in [1.82, 2.24) is 10.6 Å². The zero-order chi connectivity index (χ0) is 22.9. The number of anilines is 1. The molecule has 7 nitrogen and oxygen atoms in total. The first-order valence-electron chi connectivity index (χ1n) is 9.98. The van der Waals surface area contributed by atoms with Crippen LogP contribution < -0.4 is 16.0 Å². The summed E-state index contributed by atoms with van der Waals surface area (Å²) in [7, 11) is 0. The highest BCUT2D eigenvalue weighted by molar-refractivity contribution is 6.30. The summed E-state index contributed by atoms with van der Waals surface area (Å²) in [5.74, 6) is -0.388. The van der Waals surface area contributed by atoms with E-state index < -0.39 is 11.7 Å². The van der Waals surface area contributed by atoms with Gasteiger partial charge < -0.3 is 20.7 Å². The lowest BCUT2D eigenvalue weighted by atomic mass is 10.1. The van der Waals surface area contributed by atoms with Crippen molar-refractivity contribution < 1.29 is 19.1 Å². The van der Waals surface area contributed by atoms with E-state index >= 15 is 0 Å². The SMILES string of the molecule is CC(C)(C)OC(=O)NCCC(=O)NCc1ccccc1NC(=O)Cc1ccc(Cl)cc1. The van der Waals surface area contributed by atoms with Gasteiger partial charge in [0.05, 0.1) is 6.42 Å². The average Bonchev–Trinajstić information content (AvgIpc) is 2.67. The number of hydrogen-bond donors (Lipinski definition) is 3. The third-order valence-corrected chi connectivity index (χ3v) is 4.32. The molecule has 3 amide bonds. The lowest BCUT2D eigenvalue weighted by Gasteiger charge is -2.19. The summed E-state index contributed by atoms with van der Waals surface area (Å²) in [5.41, 5.74) is 1.67. The zero-order valence-electron chi connectivity index (χ0n) is 18.0. The average molecular weight is 446 g/mol. The molecule has 0 bridgehead atoms. The van der Waals surface area contributed by atoms with Crippen molar-refractivity contribution >= 4 is 35.2 Å². The largest absolute Gasteiger partial charge is 0.444 e. The van der Waals surface area contributed by atoms with Gasteiger partial charge in [0.1, 0.15) is 5.60 Å². The molecule has 166 valence electrons. The van der Waals surface area contributed by atoms with Crippen LogP contribution in [-0.4, -0.2) is 30.1 Å². The first kappa shape index (κ1) is 24.2. The molecule has 0 aliphatic rings. The van der Waals surface area contributed by atoms with Gasteiger partial charge in [-0.1, -0.05) is 41.9 Å². The number of amides is 3. The molecule has 0 aromatic heterocycles. The summed E-state index contributed by atoms with van der Waals surface area (Å²) in [4.78, 5) is 36.1. The highest BCUT2D eigenvalue weighted by Gasteiger charge is 2.16. The Morgan fingerprint density at radius 3 is 2.29 bits per heavy atom. The molecule has 3 N–H and O–H groups in total. The van der Waals surface area contributed by atoms with Gasteiger partial charge in [-0.2, -0.15) is 0 Å². The Labute approximate surface area is 187 Å². The molecule has 0 atom stereocenters. The zero-order valence-corrected chi connectivity index (χ0v) is 18.7. The molecule has 0 radical (unpaired) electrons. The molecule has 2 aromatic rings. The fraction of sp³-hybridized carbons (Fsp3) is 0.348. The van der Waals surface area contributed by atoms with Crippen molar-refractivity contribution in [2.24, 2.45) is 0 Å². The van der Waals surface area contributed by atoms with Crippen molar-refractivity contribution in [3.63, 3.8) is 0 Å². The number of benzene rings is 2. The normalized spacial score (nSPS) is 10.8. The van der Waals surface area contributed by atoms with E-state index in [9.17, 15) is 14.4 Å². The molecular weight excluding hydrogens is 418 g/mol. The van der Waals surface area contributed by atoms with Gasteiger partial charge in [0.25, 0.3) is 0 Å². The van der Waals surface area contributed by atoms with E-state index in [1.54, 1.807) is 51.1 Å². The highest BCUT2D eigenvalue weighted by Crippen LogP contribution is 2.16. The molecule has 0 saturated heterocycles. The summed E-state index contributed by atoms with van der Waals surface area (Å²) in [6, 6.07) is 14.4. The quantitative estimate of drug-likeness (QED) is 0.571. The van der Waals surface area contributed by atoms with Crippen molar-refractivity contribution in [1.29, 1.82) is 0 Å². The Bertz CT molecular complexity index is 908. The Morgan fingerprint density at radius 2 is 1.61 bits per heavy atom. The Morgan fingerprint density at radius 1 is 0.935 bits per heavy atom. The molecule has 0 aliphatic carbocycles. The molecule has 2 aromatic carbocycles. The molecule has 0 fully saturated rings. The summed E-state index contributed by atoms with van der Waals surface area (Å²) in [5, 5.41) is 8.84. The standard InChI is InChI=1S/C23H28ClN3O4/c1-23(2,3)31-22(30)25-13-12-20(28)26-15-17-6-4-5-7-19(17)27-21(29)14-16-8-10-18(24)11-9-16/h4-11H,12-15H2,1-3H3,(H,25,30)(H,26,28)(H,27,29). The topological polar surface area (TPSA) is 96.5 Å². The van der Waals surface area contributed by atoms with Crippen molar-refractivity contribution in [3.8, 4) is 0 Å². The van der Waals surface area contributed by atoms with Crippen molar-refractivity contribution in [2.45, 2.75) is 45.8 Å². The van der Waals surface area contributed by atoms with Crippen LogP contribution in [0.15, 0.2) is 48.5 Å². The second-order valence-electron chi connectivity index (χ2n) is 7.96. The van der Waals surface area contributed by atoms with Gasteiger partial charge in [-0.25, -0.2) is 4.79 Å². The first-order chi connectivity index (χ1) is 14.6. The fourth-order valence-electron chi connectivity index (χ4n) is 2.65. The van der Waals surface area contributed by atoms with Gasteiger partial charge in [0.2, 0.25) is 11.8 Å². The maximum atomic E-state index is 12.4. The predicted molar refractivity (Wildman–Crippen MR) is 121 cm³/mol. The number of hydrogen-bond acceptors (Lipinski definition) is 4. The van der Waals surface area contributed by atoms with E-state index in [-0.39, 0.29) is 37.7 Å². The summed E-state index contributed by atoms with van der Waals surface area (Å²) in [6.07, 6.45) is -0.229. The second-order valence-corrected chi connectivity index (χ2v) is 8.40. The molecule has 0 aliphatic heterocycles. The first-order valence-corrected chi connectivity index (χ1v) is 10.4. The Hall–Kier alpha value is -3.06. The minimum Gasteiger partial charge on any atom is -0.444 e. The molecule has 0 saturated carbocycles. The van der Waals surface area contributed by atoms with Gasteiger partial charge >= 0.3 is 6.09 Å². The molecule has 0 unspecified atom stereocenters. The van der Waals surface area contributed by atoms with E-state index in [1.165, 1.54) is 0 Å². The Balaban J connectivity index is 1.81. The maximum absolute atomic E-state index is 12.4. The van der Waals surface area contributed by atoms with Gasteiger partial charge in [-0.15, -0.1) is 0 Å². The van der Waals surface area contributed by atoms with E-state index in [0.717, 1.165) is 11.1 Å². The van der Waals surface area contributed by atoms with Crippen molar-refractivity contribution in [3.05, 3.63) is 64.7 Å². The number of carbonyl (C=O) groups excluding carboxylic acids is 3. The van der Waals surface area contributed by atoms with Crippen LogP contribution in [0.4, 0.5) is 10.5 Å². The van der Waals surface area contributed by atoms with Crippen molar-refractivity contribution in [2.75, 3.05) is 11.9 Å². The lowest BCUT2D eigenvalue weighted by molar-refractivity contribution is -0.121. The van der Waals surface area contributed by atoms with Crippen LogP contribution in [0.25, 0.3) is 0 Å². The number of alkyl carbamates (subject to hydrolysis) is 1. The second kappa shape index (κ2) is 11.4. The number of para-hydroxylation sites is 1. The number of rotatable bonds is 8. The summed E-state index contributed by atoms with van der Waals surface area (Å²) < 4.78 is 5.12. The van der Waals surface area contributed by atoms with Gasteiger partial charge in [0.15, 0.2) is 0 Å². The fourth-order valence-corrected chi connectivity index (χ4v) is 2.78. The number of nitrogens with one attached hydrogen (secondary N) is 3. The van der Waals surface area contributed by atoms with Crippen LogP contribution in [0, 0.1) is 0 Å². The molecule has 2 rings (SSSR count). The van der Waals surface area contributed by atoms with Gasteiger partial charge in [-0.3, -0.25) is 9.59 Å². The van der Waals surface area contributed by atoms with Crippen LogP contribution in [0.2, 0.25) is 5.02 Å². The van der Waals surface area contributed by atoms with Crippen LogP contribution in [-0.2, 0) is 27.3 Å². The van der Waals surface area contributed by atoms with E-state index in [2.05, 4.69) is 16.0 Å².